The average Bonchev–Trinajstić information content (AvgIpc) is 2.49. The molecule has 1 amide bonds. The highest BCUT2D eigenvalue weighted by molar-refractivity contribution is 5.83. The van der Waals surface area contributed by atoms with Crippen molar-refractivity contribution in [2.75, 3.05) is 0 Å². The van der Waals surface area contributed by atoms with E-state index in [0.29, 0.717) is 5.56 Å². The molecule has 0 radical (unpaired) electrons. The molecule has 0 unspecified atom stereocenters. The van der Waals surface area contributed by atoms with Crippen molar-refractivity contribution in [3.05, 3.63) is 75.3 Å². The van der Waals surface area contributed by atoms with Crippen LogP contribution in [0.3, 0.4) is 0 Å². The van der Waals surface area contributed by atoms with Crippen LogP contribution in [0, 0.1) is 17.0 Å². The molecule has 1 N–H and O–H groups in total. The molecule has 2 aromatic carbocycles. The third-order valence-electron chi connectivity index (χ3n) is 3.02. The highest BCUT2D eigenvalue weighted by Gasteiger charge is 2.14. The Labute approximate surface area is 127 Å². The van der Waals surface area contributed by atoms with Gasteiger partial charge in [0.25, 0.3) is 5.69 Å². The molecule has 0 fully saturated rings. The maximum atomic E-state index is 11.8. The van der Waals surface area contributed by atoms with Gasteiger partial charge in [-0.25, -0.2) is 5.43 Å². The predicted octanol–water partition coefficient (Wildman–Crippen LogP) is 2.60. The Balaban J connectivity index is 1.96. The van der Waals surface area contributed by atoms with Gasteiger partial charge in [0.15, 0.2) is 0 Å². The Hall–Kier alpha value is -3.02. The van der Waals surface area contributed by atoms with Gasteiger partial charge in [0, 0.05) is 11.6 Å². The summed E-state index contributed by atoms with van der Waals surface area (Å²) in [6.45, 7) is 1.98. The van der Waals surface area contributed by atoms with Crippen molar-refractivity contribution < 1.29 is 9.72 Å². The van der Waals surface area contributed by atoms with E-state index in [1.54, 1.807) is 18.2 Å². The molecule has 0 aliphatic carbocycles. The van der Waals surface area contributed by atoms with E-state index in [2.05, 4.69) is 10.5 Å². The summed E-state index contributed by atoms with van der Waals surface area (Å²) in [5.74, 6) is -0.405. The van der Waals surface area contributed by atoms with E-state index in [9.17, 15) is 14.9 Å². The first-order chi connectivity index (χ1) is 10.6. The number of hydrogen-bond acceptors (Lipinski definition) is 4. The Morgan fingerprint density at radius 3 is 2.59 bits per heavy atom. The van der Waals surface area contributed by atoms with Crippen LogP contribution in [0.5, 0.6) is 0 Å². The molecule has 0 bridgehead atoms. The minimum atomic E-state index is -0.502. The monoisotopic (exact) mass is 297 g/mol. The molecule has 0 atom stereocenters. The maximum Gasteiger partial charge on any atom is 0.273 e. The van der Waals surface area contributed by atoms with E-state index in [1.165, 1.54) is 12.3 Å². The van der Waals surface area contributed by atoms with Crippen molar-refractivity contribution in [3.63, 3.8) is 0 Å². The number of nitro benzene ring substituents is 1. The molecule has 0 saturated carbocycles. The molecule has 0 heterocycles. The molecule has 0 aliphatic heterocycles. The van der Waals surface area contributed by atoms with Crippen LogP contribution in [0.1, 0.15) is 16.7 Å². The fraction of sp³-hybridized carbons (Fsp3) is 0.125. The van der Waals surface area contributed by atoms with Crippen LogP contribution in [-0.4, -0.2) is 17.0 Å². The Bertz CT molecular complexity index is 709. The Kier molecular flexibility index (Phi) is 4.98. The summed E-state index contributed by atoms with van der Waals surface area (Å²) >= 11 is 0. The number of para-hydroxylation sites is 1. The zero-order valence-electron chi connectivity index (χ0n) is 12.0. The number of nitrogens with one attached hydrogen (secondary N) is 1. The van der Waals surface area contributed by atoms with Gasteiger partial charge in [-0.05, 0) is 12.5 Å². The molecule has 0 saturated heterocycles. The topological polar surface area (TPSA) is 84.6 Å². The van der Waals surface area contributed by atoms with Crippen LogP contribution in [0.2, 0.25) is 0 Å². The summed E-state index contributed by atoms with van der Waals surface area (Å²) in [6, 6.07) is 13.8. The lowest BCUT2D eigenvalue weighted by Gasteiger charge is -2.02. The van der Waals surface area contributed by atoms with Crippen LogP contribution in [0.4, 0.5) is 5.69 Å². The number of benzene rings is 2. The molecule has 0 spiro atoms. The second-order valence-corrected chi connectivity index (χ2v) is 4.77. The lowest BCUT2D eigenvalue weighted by Crippen LogP contribution is -2.20. The van der Waals surface area contributed by atoms with Gasteiger partial charge in [-0.1, -0.05) is 48.0 Å². The number of carbonyl (C=O) groups excluding carboxylic acids is 1. The largest absolute Gasteiger partial charge is 0.273 e. The van der Waals surface area contributed by atoms with Crippen molar-refractivity contribution >= 4 is 17.8 Å². The fourth-order valence-electron chi connectivity index (χ4n) is 1.88. The minimum Gasteiger partial charge on any atom is -0.273 e. The van der Waals surface area contributed by atoms with Crippen molar-refractivity contribution in [2.45, 2.75) is 13.3 Å². The number of hydrazone groups is 1. The van der Waals surface area contributed by atoms with Gasteiger partial charge in [-0.3, -0.25) is 14.9 Å². The molecule has 6 nitrogen and oxygen atoms in total. The third kappa shape index (κ3) is 4.24. The zero-order valence-corrected chi connectivity index (χ0v) is 12.0. The second kappa shape index (κ2) is 7.12. The molecule has 2 rings (SSSR count). The van der Waals surface area contributed by atoms with Crippen molar-refractivity contribution in [3.8, 4) is 0 Å². The van der Waals surface area contributed by atoms with E-state index < -0.39 is 10.8 Å². The van der Waals surface area contributed by atoms with Crippen LogP contribution >= 0.6 is 0 Å². The standard InChI is InChI=1S/C16H15N3O3/c1-12-6-8-13(9-7-12)11-17-18-16(20)10-14-4-2-3-5-15(14)19(21)22/h2-9,11H,10H2,1H3,(H,18,20)/b17-11+. The Morgan fingerprint density at radius 2 is 1.91 bits per heavy atom. The van der Waals surface area contributed by atoms with E-state index in [0.717, 1.165) is 11.1 Å². The number of rotatable bonds is 5. The molecule has 6 heteroatoms. The summed E-state index contributed by atoms with van der Waals surface area (Å²) in [5, 5.41) is 14.7. The van der Waals surface area contributed by atoms with Crippen LogP contribution in [0.15, 0.2) is 53.6 Å². The van der Waals surface area contributed by atoms with Gasteiger partial charge in [-0.2, -0.15) is 5.10 Å². The van der Waals surface area contributed by atoms with Crippen molar-refractivity contribution in [2.24, 2.45) is 5.10 Å². The van der Waals surface area contributed by atoms with Gasteiger partial charge < -0.3 is 0 Å². The van der Waals surface area contributed by atoms with E-state index in [4.69, 9.17) is 0 Å². The first kappa shape index (κ1) is 15.4. The van der Waals surface area contributed by atoms with Gasteiger partial charge in [0.05, 0.1) is 17.6 Å². The SMILES string of the molecule is Cc1ccc(/C=N/NC(=O)Cc2ccccc2[N+](=O)[O-])cc1. The van der Waals surface area contributed by atoms with Crippen LogP contribution in [0.25, 0.3) is 0 Å². The van der Waals surface area contributed by atoms with E-state index >= 15 is 0 Å². The number of nitrogens with zero attached hydrogens (tertiary/aromatic N) is 2. The highest BCUT2D eigenvalue weighted by atomic mass is 16.6. The van der Waals surface area contributed by atoms with Gasteiger partial charge >= 0.3 is 0 Å². The second-order valence-electron chi connectivity index (χ2n) is 4.77. The van der Waals surface area contributed by atoms with E-state index in [1.807, 2.05) is 31.2 Å². The predicted molar refractivity (Wildman–Crippen MR) is 83.7 cm³/mol. The smallest absolute Gasteiger partial charge is 0.273 e. The summed E-state index contributed by atoms with van der Waals surface area (Å²) < 4.78 is 0. The summed E-state index contributed by atoms with van der Waals surface area (Å²) in [4.78, 5) is 22.2. The molecule has 2 aromatic rings. The average molecular weight is 297 g/mol. The molecular formula is C16H15N3O3. The van der Waals surface area contributed by atoms with Gasteiger partial charge in [0.1, 0.15) is 0 Å². The number of aryl methyl sites for hydroxylation is 1. The van der Waals surface area contributed by atoms with Crippen LogP contribution in [-0.2, 0) is 11.2 Å². The van der Waals surface area contributed by atoms with Gasteiger partial charge in [0.2, 0.25) is 5.91 Å². The number of carbonyl (C=O) groups is 1. The number of hydrogen-bond donors (Lipinski definition) is 1. The molecule has 22 heavy (non-hydrogen) atoms. The zero-order chi connectivity index (χ0) is 15.9. The normalized spacial score (nSPS) is 10.6. The van der Waals surface area contributed by atoms with Gasteiger partial charge in [-0.15, -0.1) is 0 Å². The molecule has 0 aliphatic rings. The lowest BCUT2D eigenvalue weighted by atomic mass is 10.1. The van der Waals surface area contributed by atoms with Crippen LogP contribution < -0.4 is 5.43 Å². The fourth-order valence-corrected chi connectivity index (χ4v) is 1.88. The van der Waals surface area contributed by atoms with Crippen molar-refractivity contribution in [1.29, 1.82) is 0 Å². The quantitative estimate of drug-likeness (QED) is 0.523. The highest BCUT2D eigenvalue weighted by Crippen LogP contribution is 2.17. The maximum absolute atomic E-state index is 11.8. The minimum absolute atomic E-state index is 0.0693. The third-order valence-corrected chi connectivity index (χ3v) is 3.02. The summed E-state index contributed by atoms with van der Waals surface area (Å²) in [5.41, 5.74) is 4.65. The number of nitro groups is 1. The molecular weight excluding hydrogens is 282 g/mol. The summed E-state index contributed by atoms with van der Waals surface area (Å²) in [6.07, 6.45) is 1.43. The number of amides is 1. The Morgan fingerprint density at radius 1 is 1.23 bits per heavy atom. The molecule has 0 aromatic heterocycles. The summed E-state index contributed by atoms with van der Waals surface area (Å²) in [7, 11) is 0. The van der Waals surface area contributed by atoms with Crippen molar-refractivity contribution in [1.82, 2.24) is 5.43 Å². The first-order valence-electron chi connectivity index (χ1n) is 6.67. The lowest BCUT2D eigenvalue weighted by molar-refractivity contribution is -0.385. The first-order valence-corrected chi connectivity index (χ1v) is 6.67. The molecule has 112 valence electrons. The van der Waals surface area contributed by atoms with E-state index in [-0.39, 0.29) is 12.1 Å².